The highest BCUT2D eigenvalue weighted by molar-refractivity contribution is 9.10. The predicted molar refractivity (Wildman–Crippen MR) is 71.6 cm³/mol. The maximum atomic E-state index is 12.2. The smallest absolute Gasteiger partial charge is 0.265 e. The van der Waals surface area contributed by atoms with Gasteiger partial charge in [0.15, 0.2) is 5.84 Å². The van der Waals surface area contributed by atoms with Crippen molar-refractivity contribution in [3.63, 3.8) is 0 Å². The van der Waals surface area contributed by atoms with E-state index in [0.29, 0.717) is 11.4 Å². The van der Waals surface area contributed by atoms with E-state index < -0.39 is 0 Å². The van der Waals surface area contributed by atoms with Gasteiger partial charge in [0.25, 0.3) is 5.91 Å². The van der Waals surface area contributed by atoms with Gasteiger partial charge in [0.05, 0.1) is 6.54 Å². The molecule has 0 spiro atoms. The second-order valence-corrected chi connectivity index (χ2v) is 5.19. The number of nitrogens with zero attached hydrogens (tertiary/aromatic N) is 2. The van der Waals surface area contributed by atoms with Gasteiger partial charge in [-0.05, 0) is 33.8 Å². The molecule has 0 aromatic carbocycles. The van der Waals surface area contributed by atoms with Gasteiger partial charge >= 0.3 is 0 Å². The molecule has 0 fully saturated rings. The van der Waals surface area contributed by atoms with Crippen molar-refractivity contribution in [2.24, 2.45) is 10.9 Å². The number of carbonyl (C=O) groups is 1. The van der Waals surface area contributed by atoms with Crippen LogP contribution in [-0.4, -0.2) is 34.9 Å². The maximum Gasteiger partial charge on any atom is 0.265 e. The number of amides is 1. The number of nitrogens with two attached hydrogens (primary N) is 1. The molecule has 1 heterocycles. The number of hydrogen-bond donors (Lipinski definition) is 2. The molecular formula is C10H14BrN3O2S. The molecule has 94 valence electrons. The minimum absolute atomic E-state index is 0.0273. The van der Waals surface area contributed by atoms with E-state index in [0.717, 1.165) is 10.9 Å². The van der Waals surface area contributed by atoms with Crippen molar-refractivity contribution in [2.45, 2.75) is 13.3 Å². The topological polar surface area (TPSA) is 78.9 Å². The Morgan fingerprint density at radius 1 is 1.71 bits per heavy atom. The van der Waals surface area contributed by atoms with E-state index >= 15 is 0 Å². The Kier molecular flexibility index (Phi) is 5.43. The van der Waals surface area contributed by atoms with Gasteiger partial charge in [-0.1, -0.05) is 12.1 Å². The van der Waals surface area contributed by atoms with Crippen LogP contribution >= 0.6 is 27.3 Å². The molecule has 17 heavy (non-hydrogen) atoms. The fourth-order valence-electron chi connectivity index (χ4n) is 1.34. The van der Waals surface area contributed by atoms with E-state index in [2.05, 4.69) is 21.1 Å². The second kappa shape index (κ2) is 6.61. The summed E-state index contributed by atoms with van der Waals surface area (Å²) in [5, 5.41) is 13.3. The molecule has 0 aliphatic carbocycles. The maximum absolute atomic E-state index is 12.2. The fraction of sp³-hybridized carbons (Fsp3) is 0.400. The van der Waals surface area contributed by atoms with Crippen LogP contribution in [0.3, 0.4) is 0 Å². The van der Waals surface area contributed by atoms with Gasteiger partial charge in [0.2, 0.25) is 0 Å². The summed E-state index contributed by atoms with van der Waals surface area (Å²) in [6, 6.07) is 1.82. The largest absolute Gasteiger partial charge is 0.409 e. The number of oxime groups is 1. The quantitative estimate of drug-likeness (QED) is 0.377. The summed E-state index contributed by atoms with van der Waals surface area (Å²) < 4.78 is 0.771. The second-order valence-electron chi connectivity index (χ2n) is 3.42. The predicted octanol–water partition coefficient (Wildman–Crippen LogP) is 2.11. The SMILES string of the molecule is CCCN(CC(N)=NO)C(=O)c1sccc1Br. The number of thiophene rings is 1. The lowest BCUT2D eigenvalue weighted by atomic mass is 10.3. The number of rotatable bonds is 5. The van der Waals surface area contributed by atoms with Crippen LogP contribution in [0.5, 0.6) is 0 Å². The van der Waals surface area contributed by atoms with Crippen LogP contribution in [0.1, 0.15) is 23.0 Å². The number of halogens is 1. The fourth-order valence-corrected chi connectivity index (χ4v) is 2.85. The Morgan fingerprint density at radius 2 is 2.41 bits per heavy atom. The highest BCUT2D eigenvalue weighted by atomic mass is 79.9. The molecule has 0 bridgehead atoms. The highest BCUT2D eigenvalue weighted by Gasteiger charge is 2.19. The summed E-state index contributed by atoms with van der Waals surface area (Å²) in [6.07, 6.45) is 0.813. The Bertz CT molecular complexity index is 419. The van der Waals surface area contributed by atoms with Crippen molar-refractivity contribution in [3.8, 4) is 0 Å². The summed E-state index contributed by atoms with van der Waals surface area (Å²) in [7, 11) is 0. The Balaban J connectivity index is 2.84. The molecule has 0 aliphatic heterocycles. The third kappa shape index (κ3) is 3.71. The summed E-state index contributed by atoms with van der Waals surface area (Å²) >= 11 is 4.69. The molecule has 0 unspecified atom stereocenters. The third-order valence-electron chi connectivity index (χ3n) is 2.07. The van der Waals surface area contributed by atoms with E-state index in [-0.39, 0.29) is 18.3 Å². The number of amidine groups is 1. The average molecular weight is 320 g/mol. The lowest BCUT2D eigenvalue weighted by Gasteiger charge is -2.20. The first-order valence-corrected chi connectivity index (χ1v) is 6.76. The van der Waals surface area contributed by atoms with Crippen molar-refractivity contribution in [2.75, 3.05) is 13.1 Å². The lowest BCUT2D eigenvalue weighted by molar-refractivity contribution is 0.0782. The molecule has 0 saturated heterocycles. The van der Waals surface area contributed by atoms with Crippen molar-refractivity contribution in [1.29, 1.82) is 0 Å². The van der Waals surface area contributed by atoms with Crippen molar-refractivity contribution in [3.05, 3.63) is 20.8 Å². The van der Waals surface area contributed by atoms with Gasteiger partial charge < -0.3 is 15.8 Å². The summed E-state index contributed by atoms with van der Waals surface area (Å²) in [6.45, 7) is 2.67. The first-order valence-electron chi connectivity index (χ1n) is 5.08. The Hall–Kier alpha value is -1.08. The van der Waals surface area contributed by atoms with Crippen LogP contribution in [0, 0.1) is 0 Å². The zero-order valence-electron chi connectivity index (χ0n) is 9.39. The van der Waals surface area contributed by atoms with Crippen LogP contribution in [0.15, 0.2) is 21.1 Å². The van der Waals surface area contributed by atoms with E-state index in [1.165, 1.54) is 11.3 Å². The zero-order chi connectivity index (χ0) is 12.8. The van der Waals surface area contributed by atoms with E-state index in [1.54, 1.807) is 4.90 Å². The third-order valence-corrected chi connectivity index (χ3v) is 3.90. The van der Waals surface area contributed by atoms with E-state index in [1.807, 2.05) is 18.4 Å². The molecule has 0 atom stereocenters. The summed E-state index contributed by atoms with van der Waals surface area (Å²) in [4.78, 5) is 14.4. The minimum Gasteiger partial charge on any atom is -0.409 e. The molecule has 1 amide bonds. The van der Waals surface area contributed by atoms with Gasteiger partial charge in [-0.15, -0.1) is 11.3 Å². The first kappa shape index (κ1) is 14.0. The van der Waals surface area contributed by atoms with Gasteiger partial charge in [0.1, 0.15) is 4.88 Å². The van der Waals surface area contributed by atoms with E-state index in [9.17, 15) is 4.79 Å². The van der Waals surface area contributed by atoms with Crippen LogP contribution in [-0.2, 0) is 0 Å². The highest BCUT2D eigenvalue weighted by Crippen LogP contribution is 2.24. The van der Waals surface area contributed by atoms with Gasteiger partial charge in [-0.25, -0.2) is 0 Å². The summed E-state index contributed by atoms with van der Waals surface area (Å²) in [5.74, 6) is -0.0835. The Morgan fingerprint density at radius 3 is 2.88 bits per heavy atom. The molecule has 0 radical (unpaired) electrons. The van der Waals surface area contributed by atoms with Crippen molar-refractivity contribution < 1.29 is 10.0 Å². The molecule has 3 N–H and O–H groups in total. The number of hydrogen-bond acceptors (Lipinski definition) is 4. The molecule has 7 heteroatoms. The van der Waals surface area contributed by atoms with Gasteiger partial charge in [0, 0.05) is 11.0 Å². The van der Waals surface area contributed by atoms with Crippen molar-refractivity contribution in [1.82, 2.24) is 4.90 Å². The minimum atomic E-state index is -0.111. The average Bonchev–Trinajstić information content (AvgIpc) is 2.73. The Labute approximate surface area is 112 Å². The van der Waals surface area contributed by atoms with E-state index in [4.69, 9.17) is 10.9 Å². The monoisotopic (exact) mass is 319 g/mol. The molecule has 0 saturated carbocycles. The zero-order valence-corrected chi connectivity index (χ0v) is 11.8. The molecular weight excluding hydrogens is 306 g/mol. The van der Waals surface area contributed by atoms with Crippen LogP contribution in [0.2, 0.25) is 0 Å². The van der Waals surface area contributed by atoms with Crippen molar-refractivity contribution >= 4 is 39.0 Å². The van der Waals surface area contributed by atoms with Gasteiger partial charge in [-0.2, -0.15) is 0 Å². The lowest BCUT2D eigenvalue weighted by Crippen LogP contribution is -2.38. The standard InChI is InChI=1S/C10H14BrN3O2S/c1-2-4-14(6-8(12)13-16)10(15)9-7(11)3-5-17-9/h3,5,16H,2,4,6H2,1H3,(H2,12,13). The van der Waals surface area contributed by atoms with Crippen LogP contribution < -0.4 is 5.73 Å². The molecule has 0 aliphatic rings. The van der Waals surface area contributed by atoms with Gasteiger partial charge in [-0.3, -0.25) is 4.79 Å². The first-order chi connectivity index (χ1) is 8.10. The molecule has 1 aromatic rings. The molecule has 1 rings (SSSR count). The van der Waals surface area contributed by atoms with Crippen LogP contribution in [0.25, 0.3) is 0 Å². The number of carbonyl (C=O) groups excluding carboxylic acids is 1. The van der Waals surface area contributed by atoms with Crippen LogP contribution in [0.4, 0.5) is 0 Å². The molecule has 5 nitrogen and oxygen atoms in total. The normalized spacial score (nSPS) is 11.5. The summed E-state index contributed by atoms with van der Waals surface area (Å²) in [5.41, 5.74) is 5.43. The molecule has 1 aromatic heterocycles.